The first-order valence-corrected chi connectivity index (χ1v) is 6.47. The molecular formula is C11H21BrN2O2. The van der Waals surface area contributed by atoms with Crippen LogP contribution < -0.4 is 10.6 Å². The molecular weight excluding hydrogens is 272 g/mol. The normalized spacial score (nSPS) is 12.7. The van der Waals surface area contributed by atoms with Gasteiger partial charge in [-0.15, -0.1) is 0 Å². The fourth-order valence-electron chi connectivity index (χ4n) is 1.09. The molecule has 4 nitrogen and oxygen atoms in total. The minimum absolute atomic E-state index is 0.0361. The molecule has 0 aromatic carbocycles. The average Bonchev–Trinajstić information content (AvgIpc) is 2.14. The molecule has 2 N–H and O–H groups in total. The van der Waals surface area contributed by atoms with Gasteiger partial charge in [0.2, 0.25) is 11.8 Å². The molecule has 0 rings (SSSR count). The Labute approximate surface area is 106 Å². The molecule has 0 aromatic heterocycles. The zero-order valence-electron chi connectivity index (χ0n) is 10.3. The average molecular weight is 293 g/mol. The van der Waals surface area contributed by atoms with Crippen molar-refractivity contribution in [3.8, 4) is 0 Å². The number of carbonyl (C=O) groups is 2. The Bertz CT molecular complexity index is 242. The topological polar surface area (TPSA) is 58.2 Å². The van der Waals surface area contributed by atoms with Crippen molar-refractivity contribution in [1.82, 2.24) is 10.6 Å². The molecule has 0 aromatic rings. The second-order valence-corrected chi connectivity index (χ2v) is 5.40. The van der Waals surface area contributed by atoms with Crippen LogP contribution >= 0.6 is 15.9 Å². The molecule has 0 fully saturated rings. The summed E-state index contributed by atoms with van der Waals surface area (Å²) in [5.41, 5.74) is 0. The summed E-state index contributed by atoms with van der Waals surface area (Å²) < 4.78 is 0. The van der Waals surface area contributed by atoms with Crippen LogP contribution in [0.3, 0.4) is 0 Å². The van der Waals surface area contributed by atoms with E-state index in [4.69, 9.17) is 0 Å². The number of hydrogen-bond acceptors (Lipinski definition) is 2. The lowest BCUT2D eigenvalue weighted by Gasteiger charge is -2.14. The summed E-state index contributed by atoms with van der Waals surface area (Å²) in [6.07, 6.45) is 0.321. The SMILES string of the molecule is CC(C)NC(=O)CCNC(=O)C(Br)C(C)C. The number of halogens is 1. The molecule has 2 amide bonds. The Morgan fingerprint density at radius 1 is 1.19 bits per heavy atom. The van der Waals surface area contributed by atoms with Gasteiger partial charge in [0.1, 0.15) is 0 Å². The van der Waals surface area contributed by atoms with Crippen LogP contribution in [-0.4, -0.2) is 29.2 Å². The smallest absolute Gasteiger partial charge is 0.234 e. The van der Waals surface area contributed by atoms with Crippen LogP contribution in [0.2, 0.25) is 0 Å². The minimum atomic E-state index is -0.194. The van der Waals surface area contributed by atoms with Crippen molar-refractivity contribution in [2.24, 2.45) is 5.92 Å². The predicted octanol–water partition coefficient (Wildman–Crippen LogP) is 1.44. The van der Waals surface area contributed by atoms with Gasteiger partial charge in [0.05, 0.1) is 4.83 Å². The first-order chi connectivity index (χ1) is 7.34. The third kappa shape index (κ3) is 6.82. The molecule has 0 aliphatic heterocycles. The number of hydrogen-bond donors (Lipinski definition) is 2. The van der Waals surface area contributed by atoms with Crippen LogP contribution in [0.1, 0.15) is 34.1 Å². The summed E-state index contributed by atoms with van der Waals surface area (Å²) in [7, 11) is 0. The summed E-state index contributed by atoms with van der Waals surface area (Å²) in [4.78, 5) is 22.6. The summed E-state index contributed by atoms with van der Waals surface area (Å²) in [5, 5.41) is 5.49. The maximum Gasteiger partial charge on any atom is 0.234 e. The molecule has 1 atom stereocenters. The van der Waals surface area contributed by atoms with Crippen molar-refractivity contribution in [2.75, 3.05) is 6.54 Å². The summed E-state index contributed by atoms with van der Waals surface area (Å²) >= 11 is 3.30. The van der Waals surface area contributed by atoms with E-state index in [1.807, 2.05) is 27.7 Å². The number of rotatable bonds is 6. The number of alkyl halides is 1. The van der Waals surface area contributed by atoms with E-state index < -0.39 is 0 Å². The Morgan fingerprint density at radius 2 is 1.75 bits per heavy atom. The van der Waals surface area contributed by atoms with Crippen LogP contribution in [0.15, 0.2) is 0 Å². The molecule has 0 spiro atoms. The van der Waals surface area contributed by atoms with Gasteiger partial charge in [0.25, 0.3) is 0 Å². The van der Waals surface area contributed by atoms with Crippen molar-refractivity contribution < 1.29 is 9.59 Å². The monoisotopic (exact) mass is 292 g/mol. The van der Waals surface area contributed by atoms with E-state index in [-0.39, 0.29) is 28.6 Å². The van der Waals surface area contributed by atoms with Crippen molar-refractivity contribution in [3.63, 3.8) is 0 Å². The van der Waals surface area contributed by atoms with Gasteiger partial charge in [-0.25, -0.2) is 0 Å². The molecule has 0 bridgehead atoms. The van der Waals surface area contributed by atoms with Gasteiger partial charge in [0, 0.05) is 19.0 Å². The lowest BCUT2D eigenvalue weighted by atomic mass is 10.1. The Balaban J connectivity index is 3.74. The van der Waals surface area contributed by atoms with E-state index in [1.54, 1.807) is 0 Å². The largest absolute Gasteiger partial charge is 0.355 e. The molecule has 0 aliphatic carbocycles. The zero-order valence-corrected chi connectivity index (χ0v) is 11.9. The molecule has 94 valence electrons. The van der Waals surface area contributed by atoms with Crippen molar-refractivity contribution >= 4 is 27.7 Å². The molecule has 0 saturated heterocycles. The predicted molar refractivity (Wildman–Crippen MR) is 68.5 cm³/mol. The van der Waals surface area contributed by atoms with Gasteiger partial charge in [-0.1, -0.05) is 29.8 Å². The quantitative estimate of drug-likeness (QED) is 0.728. The van der Waals surface area contributed by atoms with Crippen molar-refractivity contribution in [2.45, 2.75) is 45.0 Å². The Morgan fingerprint density at radius 3 is 2.19 bits per heavy atom. The summed E-state index contributed by atoms with van der Waals surface area (Å²) in [5.74, 6) is 0.141. The number of carbonyl (C=O) groups excluding carboxylic acids is 2. The van der Waals surface area contributed by atoms with Gasteiger partial charge in [0.15, 0.2) is 0 Å². The highest BCUT2D eigenvalue weighted by atomic mass is 79.9. The highest BCUT2D eigenvalue weighted by molar-refractivity contribution is 9.10. The standard InChI is InChI=1S/C11H21BrN2O2/c1-7(2)10(12)11(16)13-6-5-9(15)14-8(3)4/h7-8,10H,5-6H2,1-4H3,(H,13,16)(H,14,15). The van der Waals surface area contributed by atoms with Gasteiger partial charge in [-0.2, -0.15) is 0 Å². The summed E-state index contributed by atoms with van der Waals surface area (Å²) in [6, 6.07) is 0.141. The van der Waals surface area contributed by atoms with E-state index in [1.165, 1.54) is 0 Å². The fourth-order valence-corrected chi connectivity index (χ4v) is 1.26. The first-order valence-electron chi connectivity index (χ1n) is 5.55. The number of amides is 2. The maximum atomic E-state index is 11.5. The highest BCUT2D eigenvalue weighted by Crippen LogP contribution is 2.11. The minimum Gasteiger partial charge on any atom is -0.355 e. The van der Waals surface area contributed by atoms with E-state index in [9.17, 15) is 9.59 Å². The maximum absolute atomic E-state index is 11.5. The molecule has 0 heterocycles. The van der Waals surface area contributed by atoms with Gasteiger partial charge in [-0.3, -0.25) is 9.59 Å². The van der Waals surface area contributed by atoms with E-state index >= 15 is 0 Å². The van der Waals surface area contributed by atoms with Crippen LogP contribution in [0.5, 0.6) is 0 Å². The second-order valence-electron chi connectivity index (χ2n) is 4.41. The Kier molecular flexibility index (Phi) is 7.38. The van der Waals surface area contributed by atoms with Gasteiger partial charge >= 0.3 is 0 Å². The lowest BCUT2D eigenvalue weighted by molar-refractivity contribution is -0.122. The van der Waals surface area contributed by atoms with Crippen LogP contribution in [-0.2, 0) is 9.59 Å². The van der Waals surface area contributed by atoms with Gasteiger partial charge < -0.3 is 10.6 Å². The van der Waals surface area contributed by atoms with Crippen molar-refractivity contribution in [3.05, 3.63) is 0 Å². The zero-order chi connectivity index (χ0) is 12.7. The molecule has 0 aliphatic rings. The molecule has 16 heavy (non-hydrogen) atoms. The second kappa shape index (κ2) is 7.65. The molecule has 5 heteroatoms. The Hall–Kier alpha value is -0.580. The third-order valence-corrected chi connectivity index (χ3v) is 3.41. The first kappa shape index (κ1) is 15.4. The fraction of sp³-hybridized carbons (Fsp3) is 0.818. The molecule has 0 radical (unpaired) electrons. The van der Waals surface area contributed by atoms with Crippen LogP contribution in [0.25, 0.3) is 0 Å². The van der Waals surface area contributed by atoms with E-state index in [0.29, 0.717) is 13.0 Å². The van der Waals surface area contributed by atoms with Crippen molar-refractivity contribution in [1.29, 1.82) is 0 Å². The van der Waals surface area contributed by atoms with E-state index in [0.717, 1.165) is 0 Å². The summed E-state index contributed by atoms with van der Waals surface area (Å²) in [6.45, 7) is 8.12. The third-order valence-electron chi connectivity index (χ3n) is 1.94. The van der Waals surface area contributed by atoms with E-state index in [2.05, 4.69) is 26.6 Å². The molecule has 0 saturated carbocycles. The molecule has 1 unspecified atom stereocenters. The van der Waals surface area contributed by atoms with Crippen LogP contribution in [0.4, 0.5) is 0 Å². The van der Waals surface area contributed by atoms with Gasteiger partial charge in [-0.05, 0) is 19.8 Å². The number of nitrogens with one attached hydrogen (secondary N) is 2. The van der Waals surface area contributed by atoms with Crippen LogP contribution in [0, 0.1) is 5.92 Å². The lowest BCUT2D eigenvalue weighted by Crippen LogP contribution is -2.37. The highest BCUT2D eigenvalue weighted by Gasteiger charge is 2.18.